The van der Waals surface area contributed by atoms with Crippen LogP contribution in [0, 0.1) is 5.92 Å². The topological polar surface area (TPSA) is 102 Å². The molecule has 150 valence electrons. The van der Waals surface area contributed by atoms with Crippen LogP contribution in [0.4, 0.5) is 10.5 Å². The fourth-order valence-electron chi connectivity index (χ4n) is 4.13. The van der Waals surface area contributed by atoms with Crippen LogP contribution >= 0.6 is 0 Å². The van der Waals surface area contributed by atoms with Crippen molar-refractivity contribution in [2.24, 2.45) is 5.92 Å². The van der Waals surface area contributed by atoms with Crippen molar-refractivity contribution in [1.82, 2.24) is 25.7 Å². The van der Waals surface area contributed by atoms with Gasteiger partial charge in [0, 0.05) is 29.2 Å². The van der Waals surface area contributed by atoms with Crippen molar-refractivity contribution in [3.05, 3.63) is 23.9 Å². The van der Waals surface area contributed by atoms with Gasteiger partial charge in [0.15, 0.2) is 5.69 Å². The molecule has 8 heteroatoms. The lowest BCUT2D eigenvalue weighted by atomic mass is 9.84. The molecule has 1 atom stereocenters. The van der Waals surface area contributed by atoms with Crippen molar-refractivity contribution in [1.29, 1.82) is 0 Å². The second-order valence-corrected chi connectivity index (χ2v) is 8.88. The normalized spacial score (nSPS) is 24.2. The molecule has 0 radical (unpaired) electrons. The van der Waals surface area contributed by atoms with Crippen LogP contribution in [0.2, 0.25) is 0 Å². The molecule has 0 unspecified atom stereocenters. The summed E-state index contributed by atoms with van der Waals surface area (Å²) in [5, 5.41) is 16.7. The maximum atomic E-state index is 12.9. The number of carbonyl (C=O) groups excluding carboxylic acids is 2. The van der Waals surface area contributed by atoms with Gasteiger partial charge in [0.25, 0.3) is 5.91 Å². The highest BCUT2D eigenvalue weighted by Gasteiger charge is 2.35. The third kappa shape index (κ3) is 3.96. The van der Waals surface area contributed by atoms with Crippen molar-refractivity contribution in [2.75, 3.05) is 25.0 Å². The van der Waals surface area contributed by atoms with E-state index in [4.69, 9.17) is 0 Å². The lowest BCUT2D eigenvalue weighted by Crippen LogP contribution is -2.57. The number of hydrogen-bond acceptors (Lipinski definition) is 4. The third-order valence-electron chi connectivity index (χ3n) is 5.50. The standard InChI is InChI=1S/C20H28N6O2/c1-20(2,3)23-19(28)21-13-4-5-15-14(10-13)17(25-24-15)18(27)22-16-11-26-8-6-12(16)7-9-26/h4-5,10,12,16H,6-9,11H2,1-3H3,(H,22,27)(H,24,25)(H2,21,23,28)/t16-/m0/s1. The van der Waals surface area contributed by atoms with E-state index in [0.717, 1.165) is 38.0 Å². The quantitative estimate of drug-likeness (QED) is 0.652. The van der Waals surface area contributed by atoms with E-state index in [-0.39, 0.29) is 23.5 Å². The van der Waals surface area contributed by atoms with Gasteiger partial charge < -0.3 is 20.9 Å². The van der Waals surface area contributed by atoms with Gasteiger partial charge in [-0.2, -0.15) is 5.10 Å². The molecular formula is C20H28N6O2. The Morgan fingerprint density at radius 2 is 1.96 bits per heavy atom. The van der Waals surface area contributed by atoms with Crippen molar-refractivity contribution < 1.29 is 9.59 Å². The average Bonchev–Trinajstić information content (AvgIpc) is 3.04. The number of rotatable bonds is 3. The smallest absolute Gasteiger partial charge is 0.319 e. The molecule has 3 saturated heterocycles. The summed E-state index contributed by atoms with van der Waals surface area (Å²) in [6, 6.07) is 5.29. The molecule has 1 aromatic heterocycles. The summed E-state index contributed by atoms with van der Waals surface area (Å²) < 4.78 is 0. The molecular weight excluding hydrogens is 356 g/mol. The fourth-order valence-corrected chi connectivity index (χ4v) is 4.13. The first-order valence-corrected chi connectivity index (χ1v) is 9.89. The van der Waals surface area contributed by atoms with E-state index in [1.54, 1.807) is 12.1 Å². The van der Waals surface area contributed by atoms with Gasteiger partial charge in [0.05, 0.1) is 5.52 Å². The average molecular weight is 384 g/mol. The molecule has 0 spiro atoms. The summed E-state index contributed by atoms with van der Waals surface area (Å²) in [6.45, 7) is 8.94. The van der Waals surface area contributed by atoms with E-state index in [2.05, 4.69) is 31.0 Å². The first-order valence-electron chi connectivity index (χ1n) is 9.89. The van der Waals surface area contributed by atoms with E-state index in [0.29, 0.717) is 22.7 Å². The van der Waals surface area contributed by atoms with Crippen LogP contribution in [0.3, 0.4) is 0 Å². The molecule has 3 aliphatic rings. The maximum absolute atomic E-state index is 12.9. The monoisotopic (exact) mass is 384 g/mol. The van der Waals surface area contributed by atoms with Gasteiger partial charge in [0.2, 0.25) is 0 Å². The molecule has 3 aliphatic heterocycles. The minimum Gasteiger partial charge on any atom is -0.346 e. The van der Waals surface area contributed by atoms with Gasteiger partial charge in [-0.25, -0.2) is 4.79 Å². The van der Waals surface area contributed by atoms with Crippen LogP contribution in [0.5, 0.6) is 0 Å². The van der Waals surface area contributed by atoms with Gasteiger partial charge >= 0.3 is 6.03 Å². The largest absolute Gasteiger partial charge is 0.346 e. The number of amides is 3. The highest BCUT2D eigenvalue weighted by atomic mass is 16.2. The van der Waals surface area contributed by atoms with E-state index in [9.17, 15) is 9.59 Å². The summed E-state index contributed by atoms with van der Waals surface area (Å²) in [4.78, 5) is 27.4. The van der Waals surface area contributed by atoms with Crippen LogP contribution in [-0.4, -0.2) is 58.3 Å². The summed E-state index contributed by atoms with van der Waals surface area (Å²) in [5.74, 6) is 0.388. The van der Waals surface area contributed by atoms with Crippen molar-refractivity contribution in [3.8, 4) is 0 Å². The highest BCUT2D eigenvalue weighted by Crippen LogP contribution is 2.28. The predicted molar refractivity (Wildman–Crippen MR) is 108 cm³/mol. The molecule has 8 nitrogen and oxygen atoms in total. The molecule has 0 saturated carbocycles. The summed E-state index contributed by atoms with van der Waals surface area (Å²) in [7, 11) is 0. The van der Waals surface area contributed by atoms with Crippen molar-refractivity contribution in [3.63, 3.8) is 0 Å². The van der Waals surface area contributed by atoms with Gasteiger partial charge in [-0.15, -0.1) is 0 Å². The first kappa shape index (κ1) is 18.7. The number of nitrogens with one attached hydrogen (secondary N) is 4. The zero-order valence-corrected chi connectivity index (χ0v) is 16.6. The molecule has 2 aromatic rings. The molecule has 3 fully saturated rings. The molecule has 28 heavy (non-hydrogen) atoms. The Hall–Kier alpha value is -2.61. The zero-order chi connectivity index (χ0) is 19.9. The van der Waals surface area contributed by atoms with Crippen LogP contribution in [0.1, 0.15) is 44.1 Å². The maximum Gasteiger partial charge on any atom is 0.319 e. The minimum absolute atomic E-state index is 0.165. The van der Waals surface area contributed by atoms with Crippen molar-refractivity contribution >= 4 is 28.5 Å². The highest BCUT2D eigenvalue weighted by molar-refractivity contribution is 6.06. The third-order valence-corrected chi connectivity index (χ3v) is 5.50. The predicted octanol–water partition coefficient (Wildman–Crippen LogP) is 2.31. The second kappa shape index (κ2) is 7.09. The number of anilines is 1. The molecule has 3 amide bonds. The molecule has 0 aliphatic carbocycles. The Balaban J connectivity index is 1.49. The van der Waals surface area contributed by atoms with Crippen LogP contribution < -0.4 is 16.0 Å². The lowest BCUT2D eigenvalue weighted by Gasteiger charge is -2.44. The molecule has 1 aromatic carbocycles. The number of carbonyl (C=O) groups is 2. The number of fused-ring (bicyclic) bond motifs is 4. The zero-order valence-electron chi connectivity index (χ0n) is 16.6. The van der Waals surface area contributed by atoms with E-state index in [1.165, 1.54) is 0 Å². The van der Waals surface area contributed by atoms with Crippen molar-refractivity contribution in [2.45, 2.75) is 45.2 Å². The number of nitrogens with zero attached hydrogens (tertiary/aromatic N) is 2. The number of piperidine rings is 3. The number of urea groups is 1. The van der Waals surface area contributed by atoms with E-state index in [1.807, 2.05) is 26.8 Å². The fraction of sp³-hybridized carbons (Fsp3) is 0.550. The number of hydrogen-bond donors (Lipinski definition) is 4. The first-order chi connectivity index (χ1) is 13.3. The molecule has 2 bridgehead atoms. The Bertz CT molecular complexity index is 892. The number of H-pyrrole nitrogens is 1. The van der Waals surface area contributed by atoms with Gasteiger partial charge in [-0.3, -0.25) is 9.89 Å². The SMILES string of the molecule is CC(C)(C)NC(=O)Nc1ccc2[nH]nc(C(=O)N[C@H]3CN4CCC3CC4)c2c1. The molecule has 4 N–H and O–H groups in total. The number of benzene rings is 1. The molecule has 5 rings (SSSR count). The van der Waals surface area contributed by atoms with Gasteiger partial charge in [-0.1, -0.05) is 0 Å². The van der Waals surface area contributed by atoms with Gasteiger partial charge in [0.1, 0.15) is 0 Å². The molecule has 4 heterocycles. The minimum atomic E-state index is -0.329. The van der Waals surface area contributed by atoms with Crippen LogP contribution in [-0.2, 0) is 0 Å². The summed E-state index contributed by atoms with van der Waals surface area (Å²) in [5.41, 5.74) is 1.42. The number of aromatic amines is 1. The lowest BCUT2D eigenvalue weighted by molar-refractivity contribution is 0.0618. The van der Waals surface area contributed by atoms with Crippen LogP contribution in [0.15, 0.2) is 18.2 Å². The Morgan fingerprint density at radius 3 is 2.61 bits per heavy atom. The van der Waals surface area contributed by atoms with Gasteiger partial charge in [-0.05, 0) is 70.8 Å². The Morgan fingerprint density at radius 1 is 1.21 bits per heavy atom. The Labute approximate surface area is 164 Å². The number of aromatic nitrogens is 2. The van der Waals surface area contributed by atoms with E-state index >= 15 is 0 Å². The second-order valence-electron chi connectivity index (χ2n) is 8.88. The summed E-state index contributed by atoms with van der Waals surface area (Å²) in [6.07, 6.45) is 2.28. The van der Waals surface area contributed by atoms with E-state index < -0.39 is 0 Å². The van der Waals surface area contributed by atoms with Crippen LogP contribution in [0.25, 0.3) is 10.9 Å². The Kier molecular flexibility index (Phi) is 4.74. The summed E-state index contributed by atoms with van der Waals surface area (Å²) >= 11 is 0.